The largest absolute Gasteiger partial charge is 0.323 e. The van der Waals surface area contributed by atoms with E-state index in [1.54, 1.807) is 0 Å². The summed E-state index contributed by atoms with van der Waals surface area (Å²) in [6.45, 7) is 3.23. The van der Waals surface area contributed by atoms with E-state index in [1.165, 1.54) is 6.92 Å². The minimum absolute atomic E-state index is 0.0822. The van der Waals surface area contributed by atoms with E-state index in [0.29, 0.717) is 6.42 Å². The second kappa shape index (κ2) is 3.86. The lowest BCUT2D eigenvalue weighted by Crippen LogP contribution is -2.38. The molecule has 3 heteroatoms. The van der Waals surface area contributed by atoms with Gasteiger partial charge in [-0.05, 0) is 13.3 Å². The maximum absolute atomic E-state index is 12.6. The highest BCUT2D eigenvalue weighted by atomic mass is 19.3. The lowest BCUT2D eigenvalue weighted by Gasteiger charge is -2.19. The average Bonchev–Trinajstić information content (AvgIpc) is 1.84. The fourth-order valence-corrected chi connectivity index (χ4v) is 0.640. The standard InChI is InChI=1S/C7H15F2N/c1-3-4-5-7(8,9)6(2)10/h6H,3-5,10H2,1-2H3. The molecule has 0 radical (unpaired) electrons. The highest BCUT2D eigenvalue weighted by Gasteiger charge is 2.32. The van der Waals surface area contributed by atoms with E-state index in [9.17, 15) is 8.78 Å². The molecule has 1 atom stereocenters. The fourth-order valence-electron chi connectivity index (χ4n) is 0.640. The van der Waals surface area contributed by atoms with Crippen LogP contribution in [0.2, 0.25) is 0 Å². The van der Waals surface area contributed by atoms with Crippen LogP contribution in [0.25, 0.3) is 0 Å². The van der Waals surface area contributed by atoms with Crippen molar-refractivity contribution >= 4 is 0 Å². The molecule has 1 nitrogen and oxygen atoms in total. The molecule has 2 N–H and O–H groups in total. The van der Waals surface area contributed by atoms with E-state index < -0.39 is 12.0 Å². The van der Waals surface area contributed by atoms with Crippen LogP contribution >= 0.6 is 0 Å². The quantitative estimate of drug-likeness (QED) is 0.654. The van der Waals surface area contributed by atoms with Crippen molar-refractivity contribution in [2.24, 2.45) is 5.73 Å². The van der Waals surface area contributed by atoms with E-state index in [2.05, 4.69) is 0 Å². The van der Waals surface area contributed by atoms with E-state index in [-0.39, 0.29) is 6.42 Å². The van der Waals surface area contributed by atoms with Crippen LogP contribution in [0.1, 0.15) is 33.1 Å². The van der Waals surface area contributed by atoms with Gasteiger partial charge in [0.2, 0.25) is 0 Å². The third kappa shape index (κ3) is 3.11. The lowest BCUT2D eigenvalue weighted by molar-refractivity contribution is -0.0295. The number of nitrogens with two attached hydrogens (primary N) is 1. The van der Waals surface area contributed by atoms with Crippen LogP contribution in [0.3, 0.4) is 0 Å². The summed E-state index contributed by atoms with van der Waals surface area (Å²) in [6.07, 6.45) is 1.26. The summed E-state index contributed by atoms with van der Waals surface area (Å²) in [5.74, 6) is -2.67. The molecule has 0 aliphatic heterocycles. The molecule has 0 spiro atoms. The van der Waals surface area contributed by atoms with Crippen molar-refractivity contribution in [1.82, 2.24) is 0 Å². The van der Waals surface area contributed by atoms with Gasteiger partial charge in [0, 0.05) is 6.42 Å². The van der Waals surface area contributed by atoms with Crippen molar-refractivity contribution < 1.29 is 8.78 Å². The van der Waals surface area contributed by atoms with Crippen LogP contribution in [0.15, 0.2) is 0 Å². The maximum Gasteiger partial charge on any atom is 0.262 e. The van der Waals surface area contributed by atoms with Gasteiger partial charge in [0.1, 0.15) is 0 Å². The first-order chi connectivity index (χ1) is 4.50. The molecule has 0 aliphatic rings. The Labute approximate surface area is 60.6 Å². The van der Waals surface area contributed by atoms with Gasteiger partial charge in [-0.15, -0.1) is 0 Å². The first kappa shape index (κ1) is 9.82. The van der Waals surface area contributed by atoms with Gasteiger partial charge in [-0.25, -0.2) is 8.78 Å². The molecular weight excluding hydrogens is 136 g/mol. The zero-order valence-corrected chi connectivity index (χ0v) is 6.53. The van der Waals surface area contributed by atoms with E-state index >= 15 is 0 Å². The SMILES string of the molecule is CCCCC(F)(F)C(C)N. The van der Waals surface area contributed by atoms with Crippen LogP contribution in [0, 0.1) is 0 Å². The molecule has 0 aromatic heterocycles. The Hall–Kier alpha value is -0.180. The number of hydrogen-bond acceptors (Lipinski definition) is 1. The minimum atomic E-state index is -2.67. The van der Waals surface area contributed by atoms with Crippen molar-refractivity contribution in [3.63, 3.8) is 0 Å². The maximum atomic E-state index is 12.6. The molecule has 10 heavy (non-hydrogen) atoms. The molecule has 0 fully saturated rings. The van der Waals surface area contributed by atoms with Crippen molar-refractivity contribution in [1.29, 1.82) is 0 Å². The van der Waals surface area contributed by atoms with Gasteiger partial charge in [-0.3, -0.25) is 0 Å². The van der Waals surface area contributed by atoms with Crippen molar-refractivity contribution in [3.8, 4) is 0 Å². The molecule has 0 saturated carbocycles. The summed E-state index contributed by atoms with van der Waals surface area (Å²) in [4.78, 5) is 0. The summed E-state index contributed by atoms with van der Waals surface area (Å²) in [5, 5.41) is 0. The van der Waals surface area contributed by atoms with Crippen molar-refractivity contribution in [2.75, 3.05) is 0 Å². The number of unbranched alkanes of at least 4 members (excludes halogenated alkanes) is 1. The normalized spacial score (nSPS) is 15.3. The average molecular weight is 151 g/mol. The third-order valence-corrected chi connectivity index (χ3v) is 1.53. The highest BCUT2D eigenvalue weighted by Crippen LogP contribution is 2.23. The molecule has 0 rings (SSSR count). The second-order valence-corrected chi connectivity index (χ2v) is 2.65. The van der Waals surface area contributed by atoms with Gasteiger partial charge in [0.05, 0.1) is 6.04 Å². The predicted molar refractivity (Wildman–Crippen MR) is 38.1 cm³/mol. The molecular formula is C7H15F2N. The van der Waals surface area contributed by atoms with E-state index in [0.717, 1.165) is 6.42 Å². The van der Waals surface area contributed by atoms with Crippen LogP contribution in [-0.4, -0.2) is 12.0 Å². The zero-order valence-electron chi connectivity index (χ0n) is 6.53. The number of alkyl halides is 2. The molecule has 0 aromatic carbocycles. The van der Waals surface area contributed by atoms with Crippen LogP contribution in [-0.2, 0) is 0 Å². The Morgan fingerprint density at radius 2 is 2.00 bits per heavy atom. The summed E-state index contributed by atoms with van der Waals surface area (Å²) in [5.41, 5.74) is 5.06. The Morgan fingerprint density at radius 3 is 2.30 bits per heavy atom. The second-order valence-electron chi connectivity index (χ2n) is 2.65. The summed E-state index contributed by atoms with van der Waals surface area (Å²) in [6, 6.07) is -1.01. The molecule has 0 heterocycles. The van der Waals surface area contributed by atoms with Gasteiger partial charge < -0.3 is 5.73 Å². The first-order valence-electron chi connectivity index (χ1n) is 3.64. The summed E-state index contributed by atoms with van der Waals surface area (Å²) < 4.78 is 25.2. The predicted octanol–water partition coefficient (Wildman–Crippen LogP) is 2.16. The molecule has 1 unspecified atom stereocenters. The number of halogens is 2. The Morgan fingerprint density at radius 1 is 1.50 bits per heavy atom. The lowest BCUT2D eigenvalue weighted by atomic mass is 10.1. The molecule has 0 aliphatic carbocycles. The Bertz CT molecular complexity index is 91.6. The smallest absolute Gasteiger partial charge is 0.262 e. The molecule has 0 saturated heterocycles. The van der Waals surface area contributed by atoms with E-state index in [1.807, 2.05) is 6.92 Å². The van der Waals surface area contributed by atoms with Gasteiger partial charge in [0.15, 0.2) is 0 Å². The summed E-state index contributed by atoms with van der Waals surface area (Å²) >= 11 is 0. The van der Waals surface area contributed by atoms with Crippen LogP contribution in [0.4, 0.5) is 8.78 Å². The fraction of sp³-hybridized carbons (Fsp3) is 1.00. The minimum Gasteiger partial charge on any atom is -0.323 e. The highest BCUT2D eigenvalue weighted by molar-refractivity contribution is 4.75. The Balaban J connectivity index is 3.63. The number of rotatable bonds is 4. The van der Waals surface area contributed by atoms with Crippen molar-refractivity contribution in [2.45, 2.75) is 45.1 Å². The first-order valence-corrected chi connectivity index (χ1v) is 3.64. The third-order valence-electron chi connectivity index (χ3n) is 1.53. The topological polar surface area (TPSA) is 26.0 Å². The molecule has 0 bridgehead atoms. The molecule has 62 valence electrons. The van der Waals surface area contributed by atoms with Gasteiger partial charge >= 0.3 is 0 Å². The number of hydrogen-bond donors (Lipinski definition) is 1. The van der Waals surface area contributed by atoms with Gasteiger partial charge in [0.25, 0.3) is 5.92 Å². The van der Waals surface area contributed by atoms with Crippen molar-refractivity contribution in [3.05, 3.63) is 0 Å². The van der Waals surface area contributed by atoms with E-state index in [4.69, 9.17) is 5.73 Å². The van der Waals surface area contributed by atoms with Crippen LogP contribution in [0.5, 0.6) is 0 Å². The monoisotopic (exact) mass is 151 g/mol. The molecule has 0 amide bonds. The van der Waals surface area contributed by atoms with Gasteiger partial charge in [-0.2, -0.15) is 0 Å². The molecule has 0 aromatic rings. The van der Waals surface area contributed by atoms with Crippen LogP contribution < -0.4 is 5.73 Å². The zero-order chi connectivity index (χ0) is 8.20. The summed E-state index contributed by atoms with van der Waals surface area (Å²) in [7, 11) is 0. The Kier molecular flexibility index (Phi) is 3.79. The van der Waals surface area contributed by atoms with Gasteiger partial charge in [-0.1, -0.05) is 13.3 Å².